The molecule has 5 rings (SSSR count). The molecule has 0 saturated carbocycles. The largest absolute Gasteiger partial charge is 0.360 e. The maximum atomic E-state index is 9.78. The molecule has 0 unspecified atom stereocenters. The summed E-state index contributed by atoms with van der Waals surface area (Å²) in [5.74, 6) is 0. The quantitative estimate of drug-likeness (QED) is 0.283. The number of hydrogen-bond acceptors (Lipinski definition) is 4. The van der Waals surface area contributed by atoms with Crippen LogP contribution in [0.3, 0.4) is 0 Å². The molecule has 0 aliphatic carbocycles. The van der Waals surface area contributed by atoms with Gasteiger partial charge in [-0.25, -0.2) is 4.98 Å². The minimum absolute atomic E-state index is 0.520. The van der Waals surface area contributed by atoms with Crippen molar-refractivity contribution in [1.82, 2.24) is 9.55 Å². The Bertz CT molecular complexity index is 1560. The van der Waals surface area contributed by atoms with Gasteiger partial charge in [0.05, 0.1) is 5.69 Å². The van der Waals surface area contributed by atoms with Crippen LogP contribution < -0.4 is 5.32 Å². The van der Waals surface area contributed by atoms with E-state index in [0.717, 1.165) is 23.5 Å². The van der Waals surface area contributed by atoms with E-state index >= 15 is 0 Å². The predicted molar refractivity (Wildman–Crippen MR) is 139 cm³/mol. The Hall–Kier alpha value is -3.88. The molecule has 5 aromatic rings. The Morgan fingerprint density at radius 1 is 1.06 bits per heavy atom. The smallest absolute Gasteiger partial charge is 0.136 e. The molecule has 3 aromatic carbocycles. The van der Waals surface area contributed by atoms with Crippen LogP contribution >= 0.6 is 11.3 Å². The number of nitrogens with one attached hydrogen (secondary N) is 1. The van der Waals surface area contributed by atoms with Crippen molar-refractivity contribution >= 4 is 44.4 Å². The van der Waals surface area contributed by atoms with Crippen LogP contribution in [0.2, 0.25) is 0 Å². The fraction of sp³-hybridized carbons (Fsp3) is 0.143. The molecule has 0 radical (unpaired) electrons. The molecule has 2 aromatic heterocycles. The summed E-state index contributed by atoms with van der Waals surface area (Å²) in [5.41, 5.74) is 8.34. The van der Waals surface area contributed by atoms with Gasteiger partial charge in [0.15, 0.2) is 0 Å². The van der Waals surface area contributed by atoms with Gasteiger partial charge in [0.2, 0.25) is 0 Å². The summed E-state index contributed by atoms with van der Waals surface area (Å²) in [7, 11) is 0. The van der Waals surface area contributed by atoms with E-state index in [-0.39, 0.29) is 0 Å². The van der Waals surface area contributed by atoms with E-state index < -0.39 is 0 Å². The summed E-state index contributed by atoms with van der Waals surface area (Å²) in [6.07, 6.45) is 1.75. The summed E-state index contributed by atoms with van der Waals surface area (Å²) < 4.78 is 2.33. The zero-order chi connectivity index (χ0) is 22.9. The fourth-order valence-electron chi connectivity index (χ4n) is 4.40. The molecule has 0 atom stereocenters. The van der Waals surface area contributed by atoms with Gasteiger partial charge in [-0.1, -0.05) is 42.0 Å². The van der Waals surface area contributed by atoms with Gasteiger partial charge in [0, 0.05) is 51.2 Å². The number of nitriles is 1. The van der Waals surface area contributed by atoms with Crippen molar-refractivity contribution in [2.75, 3.05) is 5.32 Å². The number of hydrogen-bond donors (Lipinski definition) is 1. The van der Waals surface area contributed by atoms with E-state index in [1.807, 2.05) is 5.38 Å². The van der Waals surface area contributed by atoms with E-state index in [9.17, 15) is 5.26 Å². The number of thiazole rings is 1. The first kappa shape index (κ1) is 21.0. The van der Waals surface area contributed by atoms with Crippen LogP contribution in [0, 0.1) is 25.2 Å². The number of allylic oxidation sites excluding steroid dienone is 1. The molecule has 2 heterocycles. The average molecular weight is 449 g/mol. The van der Waals surface area contributed by atoms with E-state index in [0.29, 0.717) is 10.6 Å². The summed E-state index contributed by atoms with van der Waals surface area (Å²) in [6.45, 7) is 7.26. The highest BCUT2D eigenvalue weighted by Crippen LogP contribution is 2.32. The van der Waals surface area contributed by atoms with Crippen molar-refractivity contribution in [3.63, 3.8) is 0 Å². The lowest BCUT2D eigenvalue weighted by molar-refractivity contribution is 0.827. The molecule has 0 saturated heterocycles. The molecular formula is C28H24N4S. The normalized spacial score (nSPS) is 11.8. The van der Waals surface area contributed by atoms with Crippen LogP contribution in [0.1, 0.15) is 23.1 Å². The van der Waals surface area contributed by atoms with Crippen molar-refractivity contribution in [1.29, 1.82) is 5.26 Å². The monoisotopic (exact) mass is 448 g/mol. The van der Waals surface area contributed by atoms with Gasteiger partial charge >= 0.3 is 0 Å². The number of fused-ring (bicyclic) bond motifs is 3. The SMILES string of the molecule is CCn1c2ccccc2c2cc(NC=C(C#N)c3nc(-c4ccc(C)cc4C)cs3)ccc21. The maximum Gasteiger partial charge on any atom is 0.136 e. The molecule has 1 N–H and O–H groups in total. The highest BCUT2D eigenvalue weighted by Gasteiger charge is 2.12. The zero-order valence-electron chi connectivity index (χ0n) is 18.9. The van der Waals surface area contributed by atoms with Gasteiger partial charge < -0.3 is 9.88 Å². The Labute approximate surface area is 197 Å². The minimum atomic E-state index is 0.520. The number of anilines is 1. The number of nitrogens with zero attached hydrogens (tertiary/aromatic N) is 3. The van der Waals surface area contributed by atoms with Gasteiger partial charge in [-0.05, 0) is 50.6 Å². The molecule has 0 aliphatic rings. The van der Waals surface area contributed by atoms with Crippen molar-refractivity contribution in [3.8, 4) is 17.3 Å². The van der Waals surface area contributed by atoms with Crippen molar-refractivity contribution in [3.05, 3.63) is 88.4 Å². The Kier molecular flexibility index (Phi) is 5.45. The molecular weight excluding hydrogens is 424 g/mol. The van der Waals surface area contributed by atoms with Gasteiger partial charge in [0.1, 0.15) is 16.6 Å². The van der Waals surface area contributed by atoms with E-state index in [2.05, 4.69) is 97.4 Å². The Morgan fingerprint density at radius 3 is 2.67 bits per heavy atom. The minimum Gasteiger partial charge on any atom is -0.360 e. The first-order chi connectivity index (χ1) is 16.1. The molecule has 0 amide bonds. The summed E-state index contributed by atoms with van der Waals surface area (Å²) >= 11 is 1.49. The highest BCUT2D eigenvalue weighted by molar-refractivity contribution is 7.11. The third kappa shape index (κ3) is 3.79. The molecule has 5 heteroatoms. The van der Waals surface area contributed by atoms with Gasteiger partial charge in [-0.2, -0.15) is 5.26 Å². The number of benzene rings is 3. The van der Waals surface area contributed by atoms with E-state index in [1.54, 1.807) is 6.20 Å². The van der Waals surface area contributed by atoms with Crippen LogP contribution in [0.15, 0.2) is 72.2 Å². The lowest BCUT2D eigenvalue weighted by Crippen LogP contribution is -1.94. The number of rotatable bonds is 5. The number of aromatic nitrogens is 2. The van der Waals surface area contributed by atoms with Crippen molar-refractivity contribution < 1.29 is 0 Å². The summed E-state index contributed by atoms with van der Waals surface area (Å²) in [4.78, 5) is 4.74. The molecule has 162 valence electrons. The maximum absolute atomic E-state index is 9.78. The number of aryl methyl sites for hydroxylation is 3. The van der Waals surface area contributed by atoms with Crippen LogP contribution in [0.4, 0.5) is 5.69 Å². The van der Waals surface area contributed by atoms with E-state index in [1.165, 1.54) is 44.3 Å². The highest BCUT2D eigenvalue weighted by atomic mass is 32.1. The van der Waals surface area contributed by atoms with E-state index in [4.69, 9.17) is 4.98 Å². The van der Waals surface area contributed by atoms with Gasteiger partial charge in [-0.3, -0.25) is 0 Å². The van der Waals surface area contributed by atoms with Gasteiger partial charge in [0.25, 0.3) is 0 Å². The van der Waals surface area contributed by atoms with Crippen LogP contribution in [-0.2, 0) is 6.54 Å². The fourth-order valence-corrected chi connectivity index (χ4v) is 5.19. The van der Waals surface area contributed by atoms with Gasteiger partial charge in [-0.15, -0.1) is 11.3 Å². The second-order valence-corrected chi connectivity index (χ2v) is 9.02. The van der Waals surface area contributed by atoms with Crippen LogP contribution in [0.25, 0.3) is 38.6 Å². The molecule has 33 heavy (non-hydrogen) atoms. The second kappa shape index (κ2) is 8.57. The van der Waals surface area contributed by atoms with Crippen molar-refractivity contribution in [2.24, 2.45) is 0 Å². The standard InChI is InChI=1S/C28H24N4S/c1-4-32-26-8-6-5-7-23(26)24-14-21(10-12-27(24)32)30-16-20(15-29)28-31-25(17-33-28)22-11-9-18(2)13-19(22)3/h5-14,16-17,30H,4H2,1-3H3. The Morgan fingerprint density at radius 2 is 1.88 bits per heavy atom. The molecule has 0 fully saturated rings. The molecule has 0 bridgehead atoms. The lowest BCUT2D eigenvalue weighted by atomic mass is 10.0. The zero-order valence-corrected chi connectivity index (χ0v) is 19.7. The van der Waals surface area contributed by atoms with Crippen LogP contribution in [0.5, 0.6) is 0 Å². The molecule has 4 nitrogen and oxygen atoms in total. The molecule has 0 aliphatic heterocycles. The van der Waals surface area contributed by atoms with Crippen LogP contribution in [-0.4, -0.2) is 9.55 Å². The first-order valence-corrected chi connectivity index (χ1v) is 11.9. The average Bonchev–Trinajstić information content (AvgIpc) is 3.42. The third-order valence-corrected chi connectivity index (χ3v) is 6.86. The lowest BCUT2D eigenvalue weighted by Gasteiger charge is -2.05. The predicted octanol–water partition coefficient (Wildman–Crippen LogP) is 7.53. The second-order valence-electron chi connectivity index (χ2n) is 8.16. The first-order valence-electron chi connectivity index (χ1n) is 11.0. The summed E-state index contributed by atoms with van der Waals surface area (Å²) in [6, 6.07) is 23.5. The molecule has 0 spiro atoms. The summed E-state index contributed by atoms with van der Waals surface area (Å²) in [5, 5.41) is 18.3. The topological polar surface area (TPSA) is 53.6 Å². The number of para-hydroxylation sites is 1. The Balaban J connectivity index is 1.46. The van der Waals surface area contributed by atoms with Crippen molar-refractivity contribution in [2.45, 2.75) is 27.3 Å². The third-order valence-electron chi connectivity index (χ3n) is 5.98.